The van der Waals surface area contributed by atoms with E-state index in [9.17, 15) is 13.2 Å². The average Bonchev–Trinajstić information content (AvgIpc) is 2.80. The summed E-state index contributed by atoms with van der Waals surface area (Å²) in [6, 6.07) is 4.48. The van der Waals surface area contributed by atoms with Gasteiger partial charge in [-0.3, -0.25) is 4.79 Å². The van der Waals surface area contributed by atoms with Crippen molar-refractivity contribution in [3.05, 3.63) is 29.3 Å². The standard InChI is InChI=1S/C14H20N2O4S/c1-9-3-4-11(7-13(9)21(15,18)19)14(17)16-8-12-5-6-20-10(12)2/h3-4,7,10,12H,5-6,8H2,1-2H3,(H,16,17)(H2,15,18,19). The van der Waals surface area contributed by atoms with Crippen LogP contribution >= 0.6 is 0 Å². The minimum atomic E-state index is -3.83. The van der Waals surface area contributed by atoms with E-state index in [1.54, 1.807) is 19.1 Å². The molecule has 1 saturated heterocycles. The molecule has 3 N–H and O–H groups in total. The van der Waals surface area contributed by atoms with Crippen molar-refractivity contribution in [2.24, 2.45) is 11.1 Å². The molecule has 21 heavy (non-hydrogen) atoms. The number of benzene rings is 1. The number of carbonyl (C=O) groups excluding carboxylic acids is 1. The lowest BCUT2D eigenvalue weighted by Gasteiger charge is -2.15. The molecule has 0 radical (unpaired) electrons. The van der Waals surface area contributed by atoms with Crippen molar-refractivity contribution >= 4 is 15.9 Å². The van der Waals surface area contributed by atoms with Crippen LogP contribution in [0.5, 0.6) is 0 Å². The number of hydrogen-bond acceptors (Lipinski definition) is 4. The molecule has 1 aromatic rings. The van der Waals surface area contributed by atoms with E-state index in [1.807, 2.05) is 6.92 Å². The second kappa shape index (κ2) is 6.13. The highest BCUT2D eigenvalue weighted by Crippen LogP contribution is 2.20. The highest BCUT2D eigenvalue weighted by atomic mass is 32.2. The smallest absolute Gasteiger partial charge is 0.251 e. The van der Waals surface area contributed by atoms with E-state index in [0.717, 1.165) is 6.42 Å². The normalized spacial score (nSPS) is 22.2. The molecule has 0 aliphatic carbocycles. The van der Waals surface area contributed by atoms with Crippen molar-refractivity contribution in [2.45, 2.75) is 31.3 Å². The summed E-state index contributed by atoms with van der Waals surface area (Å²) in [5.74, 6) is -0.0175. The zero-order chi connectivity index (χ0) is 15.6. The Morgan fingerprint density at radius 2 is 2.19 bits per heavy atom. The number of amides is 1. The Morgan fingerprint density at radius 1 is 1.48 bits per heavy atom. The van der Waals surface area contributed by atoms with Gasteiger partial charge in [0, 0.05) is 24.6 Å². The van der Waals surface area contributed by atoms with Gasteiger partial charge in [0.1, 0.15) is 0 Å². The maximum Gasteiger partial charge on any atom is 0.251 e. The predicted octanol–water partition coefficient (Wildman–Crippen LogP) is 0.797. The van der Waals surface area contributed by atoms with E-state index >= 15 is 0 Å². The van der Waals surface area contributed by atoms with Crippen LogP contribution in [-0.2, 0) is 14.8 Å². The lowest BCUT2D eigenvalue weighted by molar-refractivity contribution is 0.0907. The van der Waals surface area contributed by atoms with Crippen molar-refractivity contribution in [2.75, 3.05) is 13.2 Å². The SMILES string of the molecule is Cc1ccc(C(=O)NCC2CCOC2C)cc1S(N)(=O)=O. The third-order valence-corrected chi connectivity index (χ3v) is 4.87. The lowest BCUT2D eigenvalue weighted by atomic mass is 10.0. The maximum atomic E-state index is 12.1. The first kappa shape index (κ1) is 15.9. The Labute approximate surface area is 124 Å². The maximum absolute atomic E-state index is 12.1. The zero-order valence-electron chi connectivity index (χ0n) is 12.1. The molecular weight excluding hydrogens is 292 g/mol. The van der Waals surface area contributed by atoms with Gasteiger partial charge in [-0.2, -0.15) is 0 Å². The van der Waals surface area contributed by atoms with Crippen molar-refractivity contribution in [3.63, 3.8) is 0 Å². The Kier molecular flexibility index (Phi) is 4.65. The van der Waals surface area contributed by atoms with E-state index in [0.29, 0.717) is 18.7 Å². The molecule has 116 valence electrons. The number of hydrogen-bond donors (Lipinski definition) is 2. The molecule has 1 heterocycles. The topological polar surface area (TPSA) is 98.5 Å². The molecule has 2 rings (SSSR count). The van der Waals surface area contributed by atoms with E-state index in [2.05, 4.69) is 5.32 Å². The van der Waals surface area contributed by atoms with Gasteiger partial charge in [0.05, 0.1) is 11.0 Å². The quantitative estimate of drug-likeness (QED) is 0.859. The van der Waals surface area contributed by atoms with Gasteiger partial charge in [0.2, 0.25) is 10.0 Å². The summed E-state index contributed by atoms with van der Waals surface area (Å²) in [4.78, 5) is 12.1. The molecule has 7 heteroatoms. The van der Waals surface area contributed by atoms with Gasteiger partial charge >= 0.3 is 0 Å². The summed E-state index contributed by atoms with van der Waals surface area (Å²) in [7, 11) is -3.83. The molecule has 1 aromatic carbocycles. The molecule has 0 saturated carbocycles. The van der Waals surface area contributed by atoms with Crippen molar-refractivity contribution < 1.29 is 17.9 Å². The molecule has 1 amide bonds. The summed E-state index contributed by atoms with van der Waals surface area (Å²) in [5.41, 5.74) is 0.808. The van der Waals surface area contributed by atoms with Crippen molar-refractivity contribution in [1.82, 2.24) is 5.32 Å². The van der Waals surface area contributed by atoms with E-state index < -0.39 is 10.0 Å². The van der Waals surface area contributed by atoms with Crippen LogP contribution in [0.1, 0.15) is 29.3 Å². The van der Waals surface area contributed by atoms with Gasteiger partial charge in [0.25, 0.3) is 5.91 Å². The Hall–Kier alpha value is -1.44. The fraction of sp³-hybridized carbons (Fsp3) is 0.500. The second-order valence-corrected chi connectivity index (χ2v) is 6.89. The molecule has 1 aliphatic rings. The Balaban J connectivity index is 2.09. The molecule has 2 atom stereocenters. The van der Waals surface area contributed by atoms with Crippen LogP contribution in [0.4, 0.5) is 0 Å². The summed E-state index contributed by atoms with van der Waals surface area (Å²) in [6.45, 7) is 4.84. The molecule has 6 nitrogen and oxygen atoms in total. The van der Waals surface area contributed by atoms with Gasteiger partial charge in [0.15, 0.2) is 0 Å². The molecule has 0 aromatic heterocycles. The number of ether oxygens (including phenoxy) is 1. The van der Waals surface area contributed by atoms with Gasteiger partial charge in [-0.25, -0.2) is 13.6 Å². The van der Waals surface area contributed by atoms with Crippen LogP contribution in [0.25, 0.3) is 0 Å². The molecule has 0 spiro atoms. The van der Waals surface area contributed by atoms with Crippen molar-refractivity contribution in [1.29, 1.82) is 0 Å². The largest absolute Gasteiger partial charge is 0.378 e. The lowest BCUT2D eigenvalue weighted by Crippen LogP contribution is -2.32. The highest BCUT2D eigenvalue weighted by Gasteiger charge is 2.24. The zero-order valence-corrected chi connectivity index (χ0v) is 12.9. The third kappa shape index (κ3) is 3.81. The minimum absolute atomic E-state index is 0.0206. The first-order valence-corrected chi connectivity index (χ1v) is 8.37. The van der Waals surface area contributed by atoms with Crippen LogP contribution in [0, 0.1) is 12.8 Å². The van der Waals surface area contributed by atoms with Crippen LogP contribution in [0.2, 0.25) is 0 Å². The first-order chi connectivity index (χ1) is 9.79. The number of carbonyl (C=O) groups is 1. The predicted molar refractivity (Wildman–Crippen MR) is 78.4 cm³/mol. The van der Waals surface area contributed by atoms with Crippen LogP contribution < -0.4 is 10.5 Å². The minimum Gasteiger partial charge on any atom is -0.378 e. The summed E-state index contributed by atoms with van der Waals surface area (Å²) in [6.07, 6.45) is 1.04. The molecule has 1 aliphatic heterocycles. The van der Waals surface area contributed by atoms with Gasteiger partial charge in [-0.15, -0.1) is 0 Å². The summed E-state index contributed by atoms with van der Waals surface area (Å²) < 4.78 is 28.4. The summed E-state index contributed by atoms with van der Waals surface area (Å²) >= 11 is 0. The molecule has 0 bridgehead atoms. The number of primary sulfonamides is 1. The summed E-state index contributed by atoms with van der Waals surface area (Å²) in [5, 5.41) is 7.96. The number of nitrogens with two attached hydrogens (primary N) is 1. The number of sulfonamides is 1. The van der Waals surface area contributed by atoms with E-state index in [1.165, 1.54) is 6.07 Å². The number of aryl methyl sites for hydroxylation is 1. The monoisotopic (exact) mass is 312 g/mol. The highest BCUT2D eigenvalue weighted by molar-refractivity contribution is 7.89. The van der Waals surface area contributed by atoms with Crippen molar-refractivity contribution in [3.8, 4) is 0 Å². The van der Waals surface area contributed by atoms with E-state index in [-0.39, 0.29) is 28.4 Å². The van der Waals surface area contributed by atoms with E-state index in [4.69, 9.17) is 9.88 Å². The molecule has 2 unspecified atom stereocenters. The number of rotatable bonds is 4. The van der Waals surface area contributed by atoms with Gasteiger partial charge in [-0.1, -0.05) is 6.07 Å². The van der Waals surface area contributed by atoms with Crippen LogP contribution in [0.15, 0.2) is 23.1 Å². The number of nitrogens with one attached hydrogen (secondary N) is 1. The Morgan fingerprint density at radius 3 is 2.76 bits per heavy atom. The first-order valence-electron chi connectivity index (χ1n) is 6.82. The average molecular weight is 312 g/mol. The van der Waals surface area contributed by atoms with Gasteiger partial charge in [-0.05, 0) is 38.0 Å². The van der Waals surface area contributed by atoms with Crippen LogP contribution in [-0.4, -0.2) is 33.6 Å². The fourth-order valence-corrected chi connectivity index (χ4v) is 3.23. The molecule has 1 fully saturated rings. The van der Waals surface area contributed by atoms with Crippen LogP contribution in [0.3, 0.4) is 0 Å². The third-order valence-electron chi connectivity index (χ3n) is 3.81. The molecular formula is C14H20N2O4S. The Bertz CT molecular complexity index is 642. The fourth-order valence-electron chi connectivity index (χ4n) is 2.42. The van der Waals surface area contributed by atoms with Gasteiger partial charge < -0.3 is 10.1 Å². The second-order valence-electron chi connectivity index (χ2n) is 5.36.